The molecule has 0 radical (unpaired) electrons. The Morgan fingerprint density at radius 3 is 1.54 bits per heavy atom. The number of para-hydroxylation sites is 1. The van der Waals surface area contributed by atoms with Gasteiger partial charge >= 0.3 is 0 Å². The van der Waals surface area contributed by atoms with Crippen molar-refractivity contribution < 1.29 is 0 Å². The first-order valence-corrected chi connectivity index (χ1v) is 15.9. The lowest BCUT2D eigenvalue weighted by Gasteiger charge is -2.13. The maximum absolute atomic E-state index is 5.26. The lowest BCUT2D eigenvalue weighted by molar-refractivity contribution is 1.07. The van der Waals surface area contributed by atoms with Crippen LogP contribution in [0.3, 0.4) is 0 Å². The van der Waals surface area contributed by atoms with Crippen LogP contribution >= 0.6 is 0 Å². The van der Waals surface area contributed by atoms with Gasteiger partial charge in [-0.25, -0.2) is 24.9 Å². The zero-order valence-electron chi connectivity index (χ0n) is 25.8. The predicted octanol–water partition coefficient (Wildman–Crippen LogP) is 10.5. The Morgan fingerprint density at radius 1 is 0.312 bits per heavy atom. The summed E-state index contributed by atoms with van der Waals surface area (Å²) in [7, 11) is 0. The maximum Gasteiger partial charge on any atom is 0.164 e. The highest BCUT2D eigenvalue weighted by molar-refractivity contribution is 6.16. The van der Waals surface area contributed by atoms with E-state index in [1.165, 1.54) is 5.56 Å². The van der Waals surface area contributed by atoms with Gasteiger partial charge in [0.15, 0.2) is 17.5 Å². The van der Waals surface area contributed by atoms with Gasteiger partial charge < -0.3 is 0 Å². The summed E-state index contributed by atoms with van der Waals surface area (Å²) >= 11 is 0. The Labute approximate surface area is 277 Å². The number of rotatable bonds is 5. The fraction of sp³-hybridized carbons (Fsp3) is 0. The number of hydrogen-bond acceptors (Lipinski definition) is 5. The molecule has 5 heteroatoms. The van der Waals surface area contributed by atoms with Gasteiger partial charge in [-0.15, -0.1) is 0 Å². The monoisotopic (exact) mass is 613 g/mol. The Kier molecular flexibility index (Phi) is 6.72. The van der Waals surface area contributed by atoms with Gasteiger partial charge in [0.1, 0.15) is 0 Å². The molecule has 0 atom stereocenters. The molecule has 0 aliphatic rings. The van der Waals surface area contributed by atoms with Crippen molar-refractivity contribution in [2.75, 3.05) is 0 Å². The first-order chi connectivity index (χ1) is 23.8. The van der Waals surface area contributed by atoms with Crippen LogP contribution < -0.4 is 0 Å². The van der Waals surface area contributed by atoms with E-state index in [0.717, 1.165) is 66.2 Å². The SMILES string of the molecule is c1ccc(-c2nc(-c3ccccc3)nc(-c3cccc(-c4ccc5ccc6c(-c7ccccc7)c7ccccc7nc6c5n4)c3)n2)cc1. The third kappa shape index (κ3) is 4.95. The second-order valence-corrected chi connectivity index (χ2v) is 11.7. The third-order valence-corrected chi connectivity index (χ3v) is 8.69. The number of benzene rings is 6. The average molecular weight is 614 g/mol. The van der Waals surface area contributed by atoms with E-state index >= 15 is 0 Å². The molecule has 3 aromatic heterocycles. The van der Waals surface area contributed by atoms with E-state index in [4.69, 9.17) is 24.9 Å². The molecule has 6 aromatic carbocycles. The molecule has 9 aromatic rings. The molecule has 0 aliphatic carbocycles. The predicted molar refractivity (Wildman–Crippen MR) is 195 cm³/mol. The van der Waals surface area contributed by atoms with Gasteiger partial charge in [-0.05, 0) is 23.8 Å². The largest absolute Gasteiger partial charge is 0.245 e. The minimum atomic E-state index is 0.608. The first kappa shape index (κ1) is 27.7. The summed E-state index contributed by atoms with van der Waals surface area (Å²) in [6.45, 7) is 0. The van der Waals surface area contributed by atoms with Crippen LogP contribution in [-0.4, -0.2) is 24.9 Å². The number of nitrogens with zero attached hydrogens (tertiary/aromatic N) is 5. The number of fused-ring (bicyclic) bond motifs is 4. The van der Waals surface area contributed by atoms with Crippen molar-refractivity contribution in [3.8, 4) is 56.5 Å². The molecule has 0 bridgehead atoms. The van der Waals surface area contributed by atoms with Crippen LogP contribution in [0.4, 0.5) is 0 Å². The standard InChI is InChI=1S/C43H27N5/c1-4-13-28(14-5-1)38-34-21-10-11-22-37(34)45-40-35(38)25-23-29-24-26-36(44-39(29)40)32-19-12-20-33(27-32)43-47-41(30-15-6-2-7-16-30)46-42(48-43)31-17-8-3-9-18-31/h1-27H. The van der Waals surface area contributed by atoms with Crippen molar-refractivity contribution in [2.24, 2.45) is 0 Å². The highest BCUT2D eigenvalue weighted by Gasteiger charge is 2.16. The Balaban J connectivity index is 1.21. The van der Waals surface area contributed by atoms with Gasteiger partial charge in [0.25, 0.3) is 0 Å². The molecule has 0 amide bonds. The molecular formula is C43H27N5. The highest BCUT2D eigenvalue weighted by Crippen LogP contribution is 2.38. The minimum Gasteiger partial charge on any atom is -0.245 e. The molecule has 0 unspecified atom stereocenters. The van der Waals surface area contributed by atoms with E-state index < -0.39 is 0 Å². The average Bonchev–Trinajstić information content (AvgIpc) is 3.17. The van der Waals surface area contributed by atoms with Crippen LogP contribution in [0.15, 0.2) is 164 Å². The van der Waals surface area contributed by atoms with Crippen LogP contribution in [0.5, 0.6) is 0 Å². The molecule has 5 nitrogen and oxygen atoms in total. The molecule has 0 spiro atoms. The molecule has 3 heterocycles. The summed E-state index contributed by atoms with van der Waals surface area (Å²) in [6.07, 6.45) is 0. The third-order valence-electron chi connectivity index (χ3n) is 8.69. The smallest absolute Gasteiger partial charge is 0.164 e. The quantitative estimate of drug-likeness (QED) is 0.143. The van der Waals surface area contributed by atoms with Gasteiger partial charge in [0.05, 0.1) is 22.2 Å². The summed E-state index contributed by atoms with van der Waals surface area (Å²) in [4.78, 5) is 25.2. The molecule has 0 saturated heterocycles. The fourth-order valence-corrected chi connectivity index (χ4v) is 6.37. The molecule has 0 N–H and O–H groups in total. The Morgan fingerprint density at radius 2 is 0.854 bits per heavy atom. The summed E-state index contributed by atoms with van der Waals surface area (Å²) in [5.41, 5.74) is 9.63. The van der Waals surface area contributed by atoms with Crippen molar-refractivity contribution in [3.63, 3.8) is 0 Å². The van der Waals surface area contributed by atoms with Gasteiger partial charge in [-0.2, -0.15) is 0 Å². The van der Waals surface area contributed by atoms with Crippen molar-refractivity contribution in [2.45, 2.75) is 0 Å². The van der Waals surface area contributed by atoms with Crippen molar-refractivity contribution in [1.82, 2.24) is 24.9 Å². The van der Waals surface area contributed by atoms with Crippen LogP contribution in [0.1, 0.15) is 0 Å². The molecule has 9 rings (SSSR count). The zero-order valence-corrected chi connectivity index (χ0v) is 25.8. The number of pyridine rings is 2. The molecular weight excluding hydrogens is 587 g/mol. The Hall–Kier alpha value is -6.59. The lowest BCUT2D eigenvalue weighted by Crippen LogP contribution is -2.00. The zero-order chi connectivity index (χ0) is 31.9. The summed E-state index contributed by atoms with van der Waals surface area (Å²) < 4.78 is 0. The maximum atomic E-state index is 5.26. The van der Waals surface area contributed by atoms with E-state index in [9.17, 15) is 0 Å². The molecule has 224 valence electrons. The lowest BCUT2D eigenvalue weighted by atomic mass is 9.95. The fourth-order valence-electron chi connectivity index (χ4n) is 6.37. The normalized spacial score (nSPS) is 11.3. The van der Waals surface area contributed by atoms with Crippen LogP contribution in [-0.2, 0) is 0 Å². The van der Waals surface area contributed by atoms with E-state index in [1.54, 1.807) is 0 Å². The molecule has 0 aliphatic heterocycles. The van der Waals surface area contributed by atoms with Gasteiger partial charge in [-0.1, -0.05) is 146 Å². The number of aromatic nitrogens is 5. The van der Waals surface area contributed by atoms with E-state index in [2.05, 4.69) is 78.9 Å². The summed E-state index contributed by atoms with van der Waals surface area (Å²) in [6, 6.07) is 55.7. The topological polar surface area (TPSA) is 64.5 Å². The first-order valence-electron chi connectivity index (χ1n) is 15.9. The van der Waals surface area contributed by atoms with E-state index in [0.29, 0.717) is 17.5 Å². The van der Waals surface area contributed by atoms with E-state index in [1.807, 2.05) is 84.9 Å². The molecule has 0 saturated carbocycles. The molecule has 48 heavy (non-hydrogen) atoms. The minimum absolute atomic E-state index is 0.608. The molecule has 0 fully saturated rings. The van der Waals surface area contributed by atoms with Crippen LogP contribution in [0.2, 0.25) is 0 Å². The Bertz CT molecular complexity index is 2550. The van der Waals surface area contributed by atoms with Crippen molar-refractivity contribution in [1.29, 1.82) is 0 Å². The number of hydrogen-bond donors (Lipinski definition) is 0. The van der Waals surface area contributed by atoms with Crippen LogP contribution in [0, 0.1) is 0 Å². The van der Waals surface area contributed by atoms with Crippen molar-refractivity contribution in [3.05, 3.63) is 164 Å². The van der Waals surface area contributed by atoms with Gasteiger partial charge in [0.2, 0.25) is 0 Å². The summed E-state index contributed by atoms with van der Waals surface area (Å²) in [5, 5.41) is 3.25. The highest BCUT2D eigenvalue weighted by atomic mass is 15.0. The van der Waals surface area contributed by atoms with Gasteiger partial charge in [-0.3, -0.25) is 0 Å². The van der Waals surface area contributed by atoms with Crippen molar-refractivity contribution >= 4 is 32.7 Å². The van der Waals surface area contributed by atoms with Crippen LogP contribution in [0.25, 0.3) is 89.3 Å². The second-order valence-electron chi connectivity index (χ2n) is 11.7. The van der Waals surface area contributed by atoms with E-state index in [-0.39, 0.29) is 0 Å². The second kappa shape index (κ2) is 11.6. The van der Waals surface area contributed by atoms with Gasteiger partial charge in [0, 0.05) is 44.0 Å². The summed E-state index contributed by atoms with van der Waals surface area (Å²) in [5.74, 6) is 1.87.